The predicted octanol–water partition coefficient (Wildman–Crippen LogP) is 1.64. The van der Waals surface area contributed by atoms with Crippen molar-refractivity contribution in [3.63, 3.8) is 0 Å². The lowest BCUT2D eigenvalue weighted by molar-refractivity contribution is 0.223. The maximum atomic E-state index is 6.05. The van der Waals surface area contributed by atoms with Gasteiger partial charge in [0.25, 0.3) is 0 Å². The summed E-state index contributed by atoms with van der Waals surface area (Å²) in [6.45, 7) is 5.28. The van der Waals surface area contributed by atoms with Gasteiger partial charge in [-0.05, 0) is 18.9 Å². The van der Waals surface area contributed by atoms with Gasteiger partial charge in [0.15, 0.2) is 11.5 Å². The fourth-order valence-corrected chi connectivity index (χ4v) is 2.44. The SMILES string of the molecule is COc1cccc(CN2CCNCC2)c1OC1CC1. The highest BCUT2D eigenvalue weighted by molar-refractivity contribution is 5.47. The van der Waals surface area contributed by atoms with E-state index in [1.54, 1.807) is 7.11 Å². The van der Waals surface area contributed by atoms with Crippen LogP contribution in [0.2, 0.25) is 0 Å². The maximum absolute atomic E-state index is 6.05. The van der Waals surface area contributed by atoms with E-state index in [1.165, 1.54) is 18.4 Å². The first-order valence-corrected chi connectivity index (χ1v) is 7.12. The van der Waals surface area contributed by atoms with Gasteiger partial charge in [-0.3, -0.25) is 4.90 Å². The van der Waals surface area contributed by atoms with Crippen molar-refractivity contribution in [1.29, 1.82) is 0 Å². The topological polar surface area (TPSA) is 33.7 Å². The highest BCUT2D eigenvalue weighted by atomic mass is 16.5. The minimum absolute atomic E-state index is 0.401. The number of hydrogen-bond acceptors (Lipinski definition) is 4. The van der Waals surface area contributed by atoms with Gasteiger partial charge in [-0.2, -0.15) is 0 Å². The third-order valence-corrected chi connectivity index (χ3v) is 3.69. The van der Waals surface area contributed by atoms with E-state index in [4.69, 9.17) is 9.47 Å². The second-order valence-electron chi connectivity index (χ2n) is 5.29. The van der Waals surface area contributed by atoms with Crippen LogP contribution in [-0.2, 0) is 6.54 Å². The zero-order valence-electron chi connectivity index (χ0n) is 11.5. The number of nitrogens with one attached hydrogen (secondary N) is 1. The molecule has 1 aliphatic carbocycles. The Balaban J connectivity index is 1.77. The van der Waals surface area contributed by atoms with Crippen LogP contribution in [0.15, 0.2) is 18.2 Å². The molecule has 1 N–H and O–H groups in total. The van der Waals surface area contributed by atoms with Gasteiger partial charge in [-0.25, -0.2) is 0 Å². The standard InChI is InChI=1S/C15H22N2O2/c1-18-14-4-2-3-12(15(14)19-13-5-6-13)11-17-9-7-16-8-10-17/h2-4,13,16H,5-11H2,1H3. The number of nitrogens with zero attached hydrogens (tertiary/aromatic N) is 1. The summed E-state index contributed by atoms with van der Waals surface area (Å²) in [6.07, 6.45) is 2.74. The number of methoxy groups -OCH3 is 1. The van der Waals surface area contributed by atoms with Crippen LogP contribution < -0.4 is 14.8 Å². The van der Waals surface area contributed by atoms with Crippen molar-refractivity contribution in [3.8, 4) is 11.5 Å². The molecule has 0 bridgehead atoms. The van der Waals surface area contributed by atoms with Gasteiger partial charge in [-0.1, -0.05) is 12.1 Å². The molecule has 1 aliphatic heterocycles. The molecule has 1 saturated carbocycles. The lowest BCUT2D eigenvalue weighted by Gasteiger charge is -2.28. The van der Waals surface area contributed by atoms with Gasteiger partial charge >= 0.3 is 0 Å². The van der Waals surface area contributed by atoms with Crippen LogP contribution >= 0.6 is 0 Å². The molecule has 0 atom stereocenters. The number of hydrogen-bond donors (Lipinski definition) is 1. The fourth-order valence-electron chi connectivity index (χ4n) is 2.44. The van der Waals surface area contributed by atoms with E-state index in [0.29, 0.717) is 6.10 Å². The normalized spacial score (nSPS) is 20.3. The molecular weight excluding hydrogens is 240 g/mol. The molecule has 19 heavy (non-hydrogen) atoms. The Morgan fingerprint density at radius 1 is 1.26 bits per heavy atom. The molecule has 1 saturated heterocycles. The molecule has 0 unspecified atom stereocenters. The van der Waals surface area contributed by atoms with Crippen LogP contribution in [0.25, 0.3) is 0 Å². The molecule has 0 spiro atoms. The summed E-state index contributed by atoms with van der Waals surface area (Å²) in [5.41, 5.74) is 1.24. The molecule has 1 aromatic rings. The molecular formula is C15H22N2O2. The average Bonchev–Trinajstić information content (AvgIpc) is 3.26. The van der Waals surface area contributed by atoms with Crippen molar-refractivity contribution in [2.45, 2.75) is 25.5 Å². The van der Waals surface area contributed by atoms with Crippen LogP contribution in [-0.4, -0.2) is 44.3 Å². The van der Waals surface area contributed by atoms with E-state index in [1.807, 2.05) is 6.07 Å². The first-order valence-electron chi connectivity index (χ1n) is 7.12. The van der Waals surface area contributed by atoms with Crippen LogP contribution in [0.3, 0.4) is 0 Å². The summed E-state index contributed by atoms with van der Waals surface area (Å²) in [5, 5.41) is 3.38. The summed E-state index contributed by atoms with van der Waals surface area (Å²) >= 11 is 0. The zero-order chi connectivity index (χ0) is 13.1. The molecule has 4 heteroatoms. The molecule has 104 valence electrons. The largest absolute Gasteiger partial charge is 0.493 e. The molecule has 0 aromatic heterocycles. The number of para-hydroxylation sites is 1. The molecule has 0 amide bonds. The summed E-state index contributed by atoms with van der Waals surface area (Å²) < 4.78 is 11.5. The van der Waals surface area contributed by atoms with E-state index in [2.05, 4.69) is 22.3 Å². The highest BCUT2D eigenvalue weighted by Gasteiger charge is 2.26. The lowest BCUT2D eigenvalue weighted by Crippen LogP contribution is -2.42. The third kappa shape index (κ3) is 3.19. The Hall–Kier alpha value is -1.26. The Morgan fingerprint density at radius 3 is 2.74 bits per heavy atom. The average molecular weight is 262 g/mol. The van der Waals surface area contributed by atoms with Crippen molar-refractivity contribution < 1.29 is 9.47 Å². The Kier molecular flexibility index (Phi) is 3.89. The second-order valence-corrected chi connectivity index (χ2v) is 5.29. The predicted molar refractivity (Wildman–Crippen MR) is 74.8 cm³/mol. The number of piperazine rings is 1. The first-order chi connectivity index (χ1) is 9.36. The molecule has 2 aliphatic rings. The van der Waals surface area contributed by atoms with Crippen molar-refractivity contribution in [1.82, 2.24) is 10.2 Å². The number of benzene rings is 1. The van der Waals surface area contributed by atoms with Gasteiger partial charge in [-0.15, -0.1) is 0 Å². The highest BCUT2D eigenvalue weighted by Crippen LogP contribution is 2.37. The van der Waals surface area contributed by atoms with Crippen LogP contribution in [0, 0.1) is 0 Å². The number of ether oxygens (including phenoxy) is 2. The van der Waals surface area contributed by atoms with E-state index in [9.17, 15) is 0 Å². The van der Waals surface area contributed by atoms with E-state index in [0.717, 1.165) is 44.2 Å². The maximum Gasteiger partial charge on any atom is 0.166 e. The fraction of sp³-hybridized carbons (Fsp3) is 0.600. The van der Waals surface area contributed by atoms with Crippen molar-refractivity contribution in [2.24, 2.45) is 0 Å². The minimum Gasteiger partial charge on any atom is -0.493 e. The Labute approximate surface area is 114 Å². The third-order valence-electron chi connectivity index (χ3n) is 3.69. The van der Waals surface area contributed by atoms with E-state index in [-0.39, 0.29) is 0 Å². The Bertz CT molecular complexity index is 426. The summed E-state index contributed by atoms with van der Waals surface area (Å²) in [4.78, 5) is 2.46. The minimum atomic E-state index is 0.401. The van der Waals surface area contributed by atoms with Gasteiger partial charge in [0.05, 0.1) is 13.2 Å². The quantitative estimate of drug-likeness (QED) is 0.874. The smallest absolute Gasteiger partial charge is 0.166 e. The molecule has 4 nitrogen and oxygen atoms in total. The lowest BCUT2D eigenvalue weighted by atomic mass is 10.1. The van der Waals surface area contributed by atoms with Gasteiger partial charge in [0, 0.05) is 38.3 Å². The van der Waals surface area contributed by atoms with Gasteiger partial charge in [0.1, 0.15) is 0 Å². The molecule has 1 heterocycles. The van der Waals surface area contributed by atoms with Crippen LogP contribution in [0.4, 0.5) is 0 Å². The first kappa shape index (κ1) is 12.8. The second kappa shape index (κ2) is 5.80. The van der Waals surface area contributed by atoms with Crippen molar-refractivity contribution >= 4 is 0 Å². The summed E-state index contributed by atoms with van der Waals surface area (Å²) in [7, 11) is 1.71. The van der Waals surface area contributed by atoms with Crippen molar-refractivity contribution in [3.05, 3.63) is 23.8 Å². The molecule has 2 fully saturated rings. The van der Waals surface area contributed by atoms with Gasteiger partial charge in [0.2, 0.25) is 0 Å². The molecule has 1 aromatic carbocycles. The molecule has 3 rings (SSSR count). The van der Waals surface area contributed by atoms with E-state index < -0.39 is 0 Å². The summed E-state index contributed by atoms with van der Waals surface area (Å²) in [5.74, 6) is 1.81. The zero-order valence-corrected chi connectivity index (χ0v) is 11.5. The molecule has 0 radical (unpaired) electrons. The van der Waals surface area contributed by atoms with E-state index >= 15 is 0 Å². The van der Waals surface area contributed by atoms with Crippen molar-refractivity contribution in [2.75, 3.05) is 33.3 Å². The number of rotatable bonds is 5. The monoisotopic (exact) mass is 262 g/mol. The van der Waals surface area contributed by atoms with Gasteiger partial charge < -0.3 is 14.8 Å². The van der Waals surface area contributed by atoms with Crippen LogP contribution in [0.1, 0.15) is 18.4 Å². The Morgan fingerprint density at radius 2 is 2.05 bits per heavy atom. The summed E-state index contributed by atoms with van der Waals surface area (Å²) in [6, 6.07) is 6.19. The van der Waals surface area contributed by atoms with Crippen LogP contribution in [0.5, 0.6) is 11.5 Å².